The number of rotatable bonds is 5. The van der Waals surface area contributed by atoms with Crippen LogP contribution in [0.3, 0.4) is 0 Å². The molecule has 0 unspecified atom stereocenters. The Morgan fingerprint density at radius 2 is 2.08 bits per heavy atom. The Labute approximate surface area is 90.9 Å². The van der Waals surface area contributed by atoms with Gasteiger partial charge in [-0.05, 0) is 30.5 Å². The van der Waals surface area contributed by atoms with Gasteiger partial charge in [-0.2, -0.15) is 0 Å². The van der Waals surface area contributed by atoms with Crippen molar-refractivity contribution in [2.24, 2.45) is 0 Å². The molecule has 0 atom stereocenters. The maximum atomic E-state index is 7.63. The van der Waals surface area contributed by atoms with E-state index < -0.39 is 0 Å². The van der Waals surface area contributed by atoms with E-state index in [0.717, 1.165) is 10.9 Å². The Balaban J connectivity index is 2.39. The van der Waals surface area contributed by atoms with Gasteiger partial charge < -0.3 is 0 Å². The predicted octanol–water partition coefficient (Wildman–Crippen LogP) is 4.57. The second kappa shape index (κ2) is 6.20. The molecular weight excluding hydrogens is 224 g/mol. The van der Waals surface area contributed by atoms with E-state index in [2.05, 4.69) is 28.9 Å². The molecule has 0 nitrogen and oxygen atoms in total. The van der Waals surface area contributed by atoms with Crippen LogP contribution in [0.1, 0.15) is 39.5 Å². The Morgan fingerprint density at radius 3 is 2.77 bits per heavy atom. The number of benzene rings is 1. The van der Waals surface area contributed by atoms with Gasteiger partial charge in [0.05, 0.1) is 1.37 Å². The molecule has 0 bridgehead atoms. The van der Waals surface area contributed by atoms with Gasteiger partial charge in [0.2, 0.25) is 0 Å². The summed E-state index contributed by atoms with van der Waals surface area (Å²) in [5, 5.41) is 0. The van der Waals surface area contributed by atoms with E-state index in [1.54, 1.807) is 0 Å². The SMILES string of the molecule is [2H]c1cc(CCCCCC)ccc1Br. The van der Waals surface area contributed by atoms with Crippen molar-refractivity contribution in [3.8, 4) is 0 Å². The fraction of sp³-hybridized carbons (Fsp3) is 0.500. The van der Waals surface area contributed by atoms with E-state index in [1.165, 1.54) is 31.2 Å². The van der Waals surface area contributed by atoms with E-state index in [9.17, 15) is 0 Å². The number of aryl methyl sites for hydroxylation is 1. The van der Waals surface area contributed by atoms with Crippen molar-refractivity contribution in [2.75, 3.05) is 0 Å². The summed E-state index contributed by atoms with van der Waals surface area (Å²) >= 11 is 3.33. The van der Waals surface area contributed by atoms with Crippen LogP contribution in [0.25, 0.3) is 0 Å². The lowest BCUT2D eigenvalue weighted by Gasteiger charge is -2.00. The Bertz CT molecular complexity index is 284. The molecule has 0 aromatic heterocycles. The highest BCUT2D eigenvalue weighted by Crippen LogP contribution is 2.13. The predicted molar refractivity (Wildman–Crippen MR) is 62.0 cm³/mol. The zero-order valence-corrected chi connectivity index (χ0v) is 9.73. The van der Waals surface area contributed by atoms with E-state index in [4.69, 9.17) is 1.37 Å². The van der Waals surface area contributed by atoms with Crippen molar-refractivity contribution in [1.82, 2.24) is 0 Å². The van der Waals surface area contributed by atoms with Crippen LogP contribution >= 0.6 is 15.9 Å². The Morgan fingerprint density at radius 1 is 1.23 bits per heavy atom. The van der Waals surface area contributed by atoms with E-state index in [-0.39, 0.29) is 0 Å². The lowest BCUT2D eigenvalue weighted by atomic mass is 10.1. The molecule has 0 spiro atoms. The number of hydrogen-bond donors (Lipinski definition) is 0. The van der Waals surface area contributed by atoms with E-state index in [1.807, 2.05) is 12.1 Å². The molecular formula is C12H17Br. The molecule has 13 heavy (non-hydrogen) atoms. The molecule has 0 radical (unpaired) electrons. The first-order chi connectivity index (χ1) is 6.74. The first-order valence-electron chi connectivity index (χ1n) is 5.49. The minimum absolute atomic E-state index is 0.595. The maximum absolute atomic E-state index is 7.63. The van der Waals surface area contributed by atoms with Crippen LogP contribution in [0.2, 0.25) is 0 Å². The molecule has 0 aliphatic carbocycles. The van der Waals surface area contributed by atoms with E-state index in [0.29, 0.717) is 6.04 Å². The molecule has 1 aromatic carbocycles. The van der Waals surface area contributed by atoms with E-state index >= 15 is 0 Å². The van der Waals surface area contributed by atoms with Gasteiger partial charge in [-0.3, -0.25) is 0 Å². The molecule has 0 aliphatic rings. The van der Waals surface area contributed by atoms with Gasteiger partial charge in [0.1, 0.15) is 0 Å². The standard InChI is InChI=1S/C12H17Br/c1-2-3-4-5-6-11-7-9-12(13)10-8-11/h7-10H,2-6H2,1H3/i9D. The maximum Gasteiger partial charge on any atom is 0.0635 e. The van der Waals surface area contributed by atoms with Gasteiger partial charge in [-0.25, -0.2) is 0 Å². The van der Waals surface area contributed by atoms with Crippen LogP contribution in [-0.4, -0.2) is 0 Å². The minimum atomic E-state index is 0.595. The summed E-state index contributed by atoms with van der Waals surface area (Å²) < 4.78 is 8.51. The van der Waals surface area contributed by atoms with Crippen LogP contribution < -0.4 is 0 Å². The Kier molecular flexibility index (Phi) is 4.42. The molecule has 72 valence electrons. The Hall–Kier alpha value is -0.300. The number of unbranched alkanes of at least 4 members (excludes halogenated alkanes) is 3. The second-order valence-corrected chi connectivity index (χ2v) is 4.21. The molecule has 1 rings (SSSR count). The van der Waals surface area contributed by atoms with Gasteiger partial charge in [0.25, 0.3) is 0 Å². The van der Waals surface area contributed by atoms with Crippen molar-refractivity contribution in [3.63, 3.8) is 0 Å². The van der Waals surface area contributed by atoms with Crippen molar-refractivity contribution in [2.45, 2.75) is 39.0 Å². The molecule has 1 aromatic rings. The molecule has 0 amide bonds. The van der Waals surface area contributed by atoms with Crippen molar-refractivity contribution in [3.05, 3.63) is 34.3 Å². The quantitative estimate of drug-likeness (QED) is 0.663. The zero-order chi connectivity index (χ0) is 10.4. The fourth-order valence-electron chi connectivity index (χ4n) is 1.35. The summed E-state index contributed by atoms with van der Waals surface area (Å²) in [5.74, 6) is 0. The summed E-state index contributed by atoms with van der Waals surface area (Å²) in [6, 6.07) is 6.62. The third-order valence-electron chi connectivity index (χ3n) is 2.16. The van der Waals surface area contributed by atoms with Crippen LogP contribution in [0.15, 0.2) is 28.7 Å². The third kappa shape index (κ3) is 4.47. The number of hydrogen-bond acceptors (Lipinski definition) is 0. The van der Waals surface area contributed by atoms with Gasteiger partial charge in [0, 0.05) is 4.47 Å². The summed E-state index contributed by atoms with van der Waals surface area (Å²) in [4.78, 5) is 0. The van der Waals surface area contributed by atoms with Crippen LogP contribution in [0.4, 0.5) is 0 Å². The largest absolute Gasteiger partial charge is 0.0654 e. The average Bonchev–Trinajstić information content (AvgIpc) is 2.18. The molecule has 0 fully saturated rings. The normalized spacial score (nSPS) is 11.4. The second-order valence-electron chi connectivity index (χ2n) is 3.36. The van der Waals surface area contributed by atoms with Crippen molar-refractivity contribution < 1.29 is 1.37 Å². The van der Waals surface area contributed by atoms with Gasteiger partial charge in [-0.1, -0.05) is 54.2 Å². The van der Waals surface area contributed by atoms with Crippen molar-refractivity contribution >= 4 is 15.9 Å². The molecule has 0 N–H and O–H groups in total. The molecule has 0 heterocycles. The lowest BCUT2D eigenvalue weighted by molar-refractivity contribution is 0.667. The number of halogens is 1. The van der Waals surface area contributed by atoms with Crippen LogP contribution in [0.5, 0.6) is 0 Å². The molecule has 0 aliphatic heterocycles. The molecule has 0 saturated carbocycles. The van der Waals surface area contributed by atoms with Crippen LogP contribution in [-0.2, 0) is 6.42 Å². The highest BCUT2D eigenvalue weighted by atomic mass is 79.9. The van der Waals surface area contributed by atoms with Crippen molar-refractivity contribution in [1.29, 1.82) is 0 Å². The van der Waals surface area contributed by atoms with Gasteiger partial charge in [-0.15, -0.1) is 0 Å². The summed E-state index contributed by atoms with van der Waals surface area (Å²) in [6.45, 7) is 2.22. The zero-order valence-electron chi connectivity index (χ0n) is 9.15. The minimum Gasteiger partial charge on any atom is -0.0654 e. The summed E-state index contributed by atoms with van der Waals surface area (Å²) in [7, 11) is 0. The molecule has 1 heteroatoms. The summed E-state index contributed by atoms with van der Waals surface area (Å²) in [6.07, 6.45) is 6.27. The average molecular weight is 242 g/mol. The van der Waals surface area contributed by atoms with Crippen LogP contribution in [0, 0.1) is 0 Å². The summed E-state index contributed by atoms with van der Waals surface area (Å²) in [5.41, 5.74) is 1.29. The highest BCUT2D eigenvalue weighted by Gasteiger charge is 1.92. The first kappa shape index (κ1) is 9.26. The monoisotopic (exact) mass is 241 g/mol. The van der Waals surface area contributed by atoms with Gasteiger partial charge >= 0.3 is 0 Å². The third-order valence-corrected chi connectivity index (χ3v) is 2.65. The first-order valence-corrected chi connectivity index (χ1v) is 5.78. The highest BCUT2D eigenvalue weighted by molar-refractivity contribution is 9.10. The van der Waals surface area contributed by atoms with Gasteiger partial charge in [0.15, 0.2) is 0 Å². The smallest absolute Gasteiger partial charge is 0.0635 e. The lowest BCUT2D eigenvalue weighted by Crippen LogP contribution is -1.84. The molecule has 0 saturated heterocycles. The topological polar surface area (TPSA) is 0 Å². The fourth-order valence-corrected chi connectivity index (χ4v) is 1.60.